The molecule has 1 aromatic carbocycles. The highest BCUT2D eigenvalue weighted by Crippen LogP contribution is 2.27. The monoisotopic (exact) mass is 284 g/mol. The topological polar surface area (TPSA) is 71.3 Å². The molecule has 1 fully saturated rings. The Morgan fingerprint density at radius 1 is 1.43 bits per heavy atom. The molecule has 6 nitrogen and oxygen atoms in total. The van der Waals surface area contributed by atoms with Gasteiger partial charge in [0, 0.05) is 25.2 Å². The second kappa shape index (κ2) is 5.78. The Bertz CT molecular complexity index is 632. The normalized spacial score (nSPS) is 14.6. The van der Waals surface area contributed by atoms with Crippen LogP contribution in [0.25, 0.3) is 11.4 Å². The smallest absolute Gasteiger partial charge is 0.317 e. The number of nitrogens with one attached hydrogen (secondary N) is 1. The van der Waals surface area contributed by atoms with Crippen molar-refractivity contribution in [3.8, 4) is 11.4 Å². The molecule has 2 heterocycles. The minimum atomic E-state index is -0.0889. The lowest BCUT2D eigenvalue weighted by Crippen LogP contribution is -2.52. The second-order valence-corrected chi connectivity index (χ2v) is 4.90. The lowest BCUT2D eigenvalue weighted by molar-refractivity contribution is 0.137. The van der Waals surface area contributed by atoms with Crippen LogP contribution in [0.4, 0.5) is 4.79 Å². The third-order valence-corrected chi connectivity index (χ3v) is 3.39. The summed E-state index contributed by atoms with van der Waals surface area (Å²) in [5.41, 5.74) is 0.924. The summed E-state index contributed by atoms with van der Waals surface area (Å²) in [4.78, 5) is 17.8. The Labute approximate surface area is 122 Å². The first kappa shape index (κ1) is 13.4. The fraction of sp³-hybridized carbons (Fsp3) is 0.267. The summed E-state index contributed by atoms with van der Waals surface area (Å²) in [6, 6.07) is 9.58. The standard InChI is InChI=1S/C15H16N4O2/c1-2-8-16-15(20)19-9-12(10-19)14-17-13(18-21-14)11-6-4-3-5-7-11/h2-7,12H,1,8-10H2,(H,16,20). The van der Waals surface area contributed by atoms with E-state index in [0.29, 0.717) is 31.3 Å². The van der Waals surface area contributed by atoms with Gasteiger partial charge >= 0.3 is 6.03 Å². The molecule has 0 atom stereocenters. The molecule has 2 aromatic rings. The highest BCUT2D eigenvalue weighted by atomic mass is 16.5. The van der Waals surface area contributed by atoms with Crippen LogP contribution in [0.15, 0.2) is 47.5 Å². The molecule has 21 heavy (non-hydrogen) atoms. The molecule has 1 aliphatic heterocycles. The number of nitrogens with zero attached hydrogens (tertiary/aromatic N) is 3. The fourth-order valence-corrected chi connectivity index (χ4v) is 2.18. The van der Waals surface area contributed by atoms with Gasteiger partial charge in [-0.3, -0.25) is 0 Å². The van der Waals surface area contributed by atoms with E-state index in [0.717, 1.165) is 5.56 Å². The van der Waals surface area contributed by atoms with Crippen LogP contribution >= 0.6 is 0 Å². The van der Waals surface area contributed by atoms with Gasteiger partial charge in [0.1, 0.15) is 0 Å². The molecule has 2 amide bonds. The largest absolute Gasteiger partial charge is 0.339 e. The van der Waals surface area contributed by atoms with E-state index in [-0.39, 0.29) is 11.9 Å². The first-order valence-corrected chi connectivity index (χ1v) is 6.80. The molecule has 0 unspecified atom stereocenters. The number of carbonyl (C=O) groups is 1. The summed E-state index contributed by atoms with van der Waals surface area (Å²) in [7, 11) is 0. The van der Waals surface area contributed by atoms with Crippen molar-refractivity contribution in [2.45, 2.75) is 5.92 Å². The van der Waals surface area contributed by atoms with Gasteiger partial charge < -0.3 is 14.7 Å². The highest BCUT2D eigenvalue weighted by Gasteiger charge is 2.35. The number of benzene rings is 1. The summed E-state index contributed by atoms with van der Waals surface area (Å²) in [5, 5.41) is 6.73. The van der Waals surface area contributed by atoms with Gasteiger partial charge in [0.2, 0.25) is 11.7 Å². The quantitative estimate of drug-likeness (QED) is 0.872. The van der Waals surface area contributed by atoms with Crippen molar-refractivity contribution in [3.05, 3.63) is 48.9 Å². The van der Waals surface area contributed by atoms with E-state index in [1.165, 1.54) is 0 Å². The number of amides is 2. The van der Waals surface area contributed by atoms with Crippen molar-refractivity contribution in [2.24, 2.45) is 0 Å². The van der Waals surface area contributed by atoms with Gasteiger partial charge in [0.15, 0.2) is 0 Å². The Balaban J connectivity index is 1.59. The Kier molecular flexibility index (Phi) is 3.68. The molecule has 0 spiro atoms. The maximum atomic E-state index is 11.7. The average Bonchev–Trinajstić information content (AvgIpc) is 2.94. The lowest BCUT2D eigenvalue weighted by Gasteiger charge is -2.36. The van der Waals surface area contributed by atoms with Crippen molar-refractivity contribution in [1.29, 1.82) is 0 Å². The Hall–Kier alpha value is -2.63. The molecule has 1 aliphatic rings. The van der Waals surface area contributed by atoms with E-state index in [9.17, 15) is 4.79 Å². The van der Waals surface area contributed by atoms with Crippen LogP contribution in [0.5, 0.6) is 0 Å². The number of hydrogen-bond donors (Lipinski definition) is 1. The first-order chi connectivity index (χ1) is 10.3. The zero-order valence-corrected chi connectivity index (χ0v) is 11.5. The summed E-state index contributed by atoms with van der Waals surface area (Å²) in [6.45, 7) is 5.23. The van der Waals surface area contributed by atoms with Crippen molar-refractivity contribution in [3.63, 3.8) is 0 Å². The predicted octanol–water partition coefficient (Wildman–Crippen LogP) is 2.03. The minimum absolute atomic E-state index is 0.0889. The van der Waals surface area contributed by atoms with Crippen LogP contribution in [-0.4, -0.2) is 40.7 Å². The van der Waals surface area contributed by atoms with E-state index in [4.69, 9.17) is 4.52 Å². The maximum absolute atomic E-state index is 11.7. The summed E-state index contributed by atoms with van der Waals surface area (Å²) in [6.07, 6.45) is 1.65. The fourth-order valence-electron chi connectivity index (χ4n) is 2.18. The SMILES string of the molecule is C=CCNC(=O)N1CC(c2nc(-c3ccccc3)no2)C1. The molecule has 3 rings (SSSR count). The molecule has 0 aliphatic carbocycles. The molecule has 1 saturated heterocycles. The van der Waals surface area contributed by atoms with Crippen LogP contribution in [-0.2, 0) is 0 Å². The van der Waals surface area contributed by atoms with Gasteiger partial charge in [0.25, 0.3) is 0 Å². The van der Waals surface area contributed by atoms with Gasteiger partial charge in [-0.25, -0.2) is 4.79 Å². The number of carbonyl (C=O) groups excluding carboxylic acids is 1. The van der Waals surface area contributed by atoms with Crippen molar-refractivity contribution < 1.29 is 9.32 Å². The number of aromatic nitrogens is 2. The van der Waals surface area contributed by atoms with Crippen LogP contribution in [0.3, 0.4) is 0 Å². The molecule has 0 saturated carbocycles. The zero-order valence-electron chi connectivity index (χ0n) is 11.5. The molecule has 6 heteroatoms. The van der Waals surface area contributed by atoms with Gasteiger partial charge in [-0.2, -0.15) is 4.98 Å². The van der Waals surface area contributed by atoms with Gasteiger partial charge in [-0.15, -0.1) is 6.58 Å². The predicted molar refractivity (Wildman–Crippen MR) is 77.6 cm³/mol. The average molecular weight is 284 g/mol. The highest BCUT2D eigenvalue weighted by molar-refractivity contribution is 5.75. The molecule has 0 bridgehead atoms. The minimum Gasteiger partial charge on any atom is -0.339 e. The van der Waals surface area contributed by atoms with Crippen LogP contribution < -0.4 is 5.32 Å². The number of rotatable bonds is 4. The number of urea groups is 1. The summed E-state index contributed by atoms with van der Waals surface area (Å²) < 4.78 is 5.30. The van der Waals surface area contributed by atoms with Gasteiger partial charge in [-0.05, 0) is 0 Å². The molecule has 0 radical (unpaired) electrons. The van der Waals surface area contributed by atoms with Gasteiger partial charge in [-0.1, -0.05) is 41.6 Å². The lowest BCUT2D eigenvalue weighted by atomic mass is 10.0. The van der Waals surface area contributed by atoms with E-state index in [1.54, 1.807) is 11.0 Å². The van der Waals surface area contributed by atoms with E-state index >= 15 is 0 Å². The molecular weight excluding hydrogens is 268 g/mol. The van der Waals surface area contributed by atoms with E-state index in [1.807, 2.05) is 30.3 Å². The summed E-state index contributed by atoms with van der Waals surface area (Å²) in [5.74, 6) is 1.28. The maximum Gasteiger partial charge on any atom is 0.317 e. The molecule has 1 aromatic heterocycles. The third-order valence-electron chi connectivity index (χ3n) is 3.39. The van der Waals surface area contributed by atoms with Gasteiger partial charge in [0.05, 0.1) is 5.92 Å². The van der Waals surface area contributed by atoms with Crippen molar-refractivity contribution in [2.75, 3.05) is 19.6 Å². The second-order valence-electron chi connectivity index (χ2n) is 4.90. The molecular formula is C15H16N4O2. The summed E-state index contributed by atoms with van der Waals surface area (Å²) >= 11 is 0. The number of likely N-dealkylation sites (tertiary alicyclic amines) is 1. The zero-order chi connectivity index (χ0) is 14.7. The van der Waals surface area contributed by atoms with E-state index in [2.05, 4.69) is 22.0 Å². The molecule has 108 valence electrons. The van der Waals surface area contributed by atoms with Crippen molar-refractivity contribution >= 4 is 6.03 Å². The third kappa shape index (κ3) is 2.79. The van der Waals surface area contributed by atoms with Crippen LogP contribution in [0.1, 0.15) is 11.8 Å². The Morgan fingerprint density at radius 2 is 2.19 bits per heavy atom. The Morgan fingerprint density at radius 3 is 2.90 bits per heavy atom. The van der Waals surface area contributed by atoms with Crippen molar-refractivity contribution in [1.82, 2.24) is 20.4 Å². The number of hydrogen-bond acceptors (Lipinski definition) is 4. The first-order valence-electron chi connectivity index (χ1n) is 6.80. The molecule has 1 N–H and O–H groups in total. The van der Waals surface area contributed by atoms with Crippen LogP contribution in [0.2, 0.25) is 0 Å². The van der Waals surface area contributed by atoms with E-state index < -0.39 is 0 Å². The van der Waals surface area contributed by atoms with Crippen LogP contribution in [0, 0.1) is 0 Å².